The quantitative estimate of drug-likeness (QED) is 0.528. The molecule has 1 aromatic heterocycles. The van der Waals surface area contributed by atoms with Crippen LogP contribution in [0.4, 0.5) is 4.39 Å². The lowest BCUT2D eigenvalue weighted by Gasteiger charge is -2.25. The van der Waals surface area contributed by atoms with Crippen molar-refractivity contribution in [3.63, 3.8) is 0 Å². The number of aliphatic imine (C=N–C) groups is 1. The Morgan fingerprint density at radius 3 is 2.52 bits per heavy atom. The molecule has 0 aliphatic carbocycles. The molecule has 5 nitrogen and oxygen atoms in total. The van der Waals surface area contributed by atoms with Gasteiger partial charge in [0.1, 0.15) is 11.6 Å². The standard InChI is InChI=1S/C19H21FN4O/c1-21-19(15-3-5-16(20)6-4-15)25-17(14-7-11-22-12-8-14)13-18-23-9-2-10-24-18/h2-6,9-10,13-14,22H,7-8,11-12H2,1H3/b17-13+,21-19?. The number of allylic oxidation sites excluding steroid dienone is 1. The number of halogens is 1. The summed E-state index contributed by atoms with van der Waals surface area (Å²) in [6, 6.07) is 7.91. The van der Waals surface area contributed by atoms with Gasteiger partial charge in [0.25, 0.3) is 0 Å². The SMILES string of the molecule is CN=C(O/C(=C/c1ncccn1)C1CCNCC1)c1ccc(F)cc1. The van der Waals surface area contributed by atoms with Gasteiger partial charge in [0, 0.05) is 37.0 Å². The number of hydrogen-bond donors (Lipinski definition) is 1. The minimum atomic E-state index is -0.286. The van der Waals surface area contributed by atoms with E-state index in [1.807, 2.05) is 6.08 Å². The molecular formula is C19H21FN4O. The molecule has 6 heteroatoms. The van der Waals surface area contributed by atoms with E-state index in [0.29, 0.717) is 11.7 Å². The molecule has 0 radical (unpaired) electrons. The maximum absolute atomic E-state index is 13.2. The maximum atomic E-state index is 13.2. The summed E-state index contributed by atoms with van der Waals surface area (Å²) in [6.45, 7) is 1.88. The van der Waals surface area contributed by atoms with Crippen LogP contribution in [0, 0.1) is 11.7 Å². The Balaban J connectivity index is 1.88. The normalized spacial score (nSPS) is 16.7. The molecule has 2 heterocycles. The molecule has 3 rings (SSSR count). The third kappa shape index (κ3) is 4.70. The molecule has 25 heavy (non-hydrogen) atoms. The summed E-state index contributed by atoms with van der Waals surface area (Å²) >= 11 is 0. The van der Waals surface area contributed by atoms with Crippen molar-refractivity contribution in [1.82, 2.24) is 15.3 Å². The topological polar surface area (TPSA) is 59.4 Å². The average molecular weight is 340 g/mol. The number of hydrogen-bond acceptors (Lipinski definition) is 5. The number of nitrogens with one attached hydrogen (secondary N) is 1. The second-order valence-corrected chi connectivity index (χ2v) is 5.82. The monoisotopic (exact) mass is 340 g/mol. The Morgan fingerprint density at radius 1 is 1.20 bits per heavy atom. The highest BCUT2D eigenvalue weighted by molar-refractivity contribution is 5.94. The fraction of sp³-hybridized carbons (Fsp3) is 0.316. The van der Waals surface area contributed by atoms with Crippen LogP contribution < -0.4 is 5.32 Å². The van der Waals surface area contributed by atoms with Crippen molar-refractivity contribution < 1.29 is 9.13 Å². The van der Waals surface area contributed by atoms with Gasteiger partial charge in [0.2, 0.25) is 5.90 Å². The van der Waals surface area contributed by atoms with Crippen LogP contribution in [0.15, 0.2) is 53.5 Å². The van der Waals surface area contributed by atoms with Crippen molar-refractivity contribution in [2.75, 3.05) is 20.1 Å². The largest absolute Gasteiger partial charge is 0.443 e. The van der Waals surface area contributed by atoms with Crippen molar-refractivity contribution in [3.8, 4) is 0 Å². The number of rotatable bonds is 4. The molecule has 1 aliphatic rings. The van der Waals surface area contributed by atoms with Gasteiger partial charge in [-0.2, -0.15) is 0 Å². The minimum absolute atomic E-state index is 0.266. The van der Waals surface area contributed by atoms with Crippen LogP contribution in [0.2, 0.25) is 0 Å². The molecule has 1 fully saturated rings. The van der Waals surface area contributed by atoms with E-state index in [4.69, 9.17) is 4.74 Å². The fourth-order valence-electron chi connectivity index (χ4n) is 2.79. The zero-order valence-electron chi connectivity index (χ0n) is 14.2. The first kappa shape index (κ1) is 17.2. The summed E-state index contributed by atoms with van der Waals surface area (Å²) in [5, 5.41) is 3.35. The lowest BCUT2D eigenvalue weighted by Crippen LogP contribution is -2.29. The van der Waals surface area contributed by atoms with Crippen molar-refractivity contribution >= 4 is 12.0 Å². The van der Waals surface area contributed by atoms with E-state index in [9.17, 15) is 4.39 Å². The van der Waals surface area contributed by atoms with Gasteiger partial charge in [-0.05, 0) is 56.3 Å². The van der Waals surface area contributed by atoms with Crippen LogP contribution in [-0.2, 0) is 4.74 Å². The van der Waals surface area contributed by atoms with E-state index in [-0.39, 0.29) is 11.7 Å². The predicted molar refractivity (Wildman–Crippen MR) is 95.5 cm³/mol. The van der Waals surface area contributed by atoms with Gasteiger partial charge in [-0.1, -0.05) is 0 Å². The van der Waals surface area contributed by atoms with Crippen LogP contribution >= 0.6 is 0 Å². The molecule has 1 aliphatic heterocycles. The first-order valence-electron chi connectivity index (χ1n) is 8.36. The summed E-state index contributed by atoms with van der Waals surface area (Å²) in [7, 11) is 1.66. The minimum Gasteiger partial charge on any atom is -0.443 e. The van der Waals surface area contributed by atoms with E-state index in [1.165, 1.54) is 12.1 Å². The number of aromatic nitrogens is 2. The van der Waals surface area contributed by atoms with E-state index in [1.54, 1.807) is 37.6 Å². The first-order valence-corrected chi connectivity index (χ1v) is 8.36. The highest BCUT2D eigenvalue weighted by Gasteiger charge is 2.21. The molecule has 0 unspecified atom stereocenters. The number of ether oxygens (including phenoxy) is 1. The Labute approximate surface area is 146 Å². The molecule has 0 amide bonds. The van der Waals surface area contributed by atoms with Crippen molar-refractivity contribution in [3.05, 3.63) is 65.7 Å². The summed E-state index contributed by atoms with van der Waals surface area (Å²) in [5.41, 5.74) is 0.734. The molecule has 0 saturated carbocycles. The Bertz CT molecular complexity index is 738. The van der Waals surface area contributed by atoms with Gasteiger partial charge < -0.3 is 10.1 Å². The number of nitrogens with zero attached hydrogens (tertiary/aromatic N) is 3. The van der Waals surface area contributed by atoms with E-state index >= 15 is 0 Å². The van der Waals surface area contributed by atoms with Crippen LogP contribution in [0.25, 0.3) is 6.08 Å². The van der Waals surface area contributed by atoms with E-state index in [0.717, 1.165) is 37.3 Å². The second-order valence-electron chi connectivity index (χ2n) is 5.82. The summed E-state index contributed by atoms with van der Waals surface area (Å²) in [5.74, 6) is 1.83. The lowest BCUT2D eigenvalue weighted by molar-refractivity contribution is 0.294. The van der Waals surface area contributed by atoms with Crippen molar-refractivity contribution in [2.45, 2.75) is 12.8 Å². The molecule has 2 aromatic rings. The molecule has 0 bridgehead atoms. The van der Waals surface area contributed by atoms with Crippen LogP contribution in [0.1, 0.15) is 24.2 Å². The van der Waals surface area contributed by atoms with Crippen LogP contribution in [0.3, 0.4) is 0 Å². The summed E-state index contributed by atoms with van der Waals surface area (Å²) < 4.78 is 19.3. The molecule has 130 valence electrons. The summed E-state index contributed by atoms with van der Waals surface area (Å²) in [6.07, 6.45) is 7.21. The second kappa shape index (κ2) is 8.48. The fourth-order valence-corrected chi connectivity index (χ4v) is 2.79. The summed E-state index contributed by atoms with van der Waals surface area (Å²) in [4.78, 5) is 12.8. The van der Waals surface area contributed by atoms with Crippen LogP contribution in [-0.4, -0.2) is 36.0 Å². The zero-order valence-corrected chi connectivity index (χ0v) is 14.2. The highest BCUT2D eigenvalue weighted by atomic mass is 19.1. The maximum Gasteiger partial charge on any atom is 0.221 e. The van der Waals surface area contributed by atoms with Gasteiger partial charge in [-0.3, -0.25) is 4.99 Å². The van der Waals surface area contributed by atoms with E-state index in [2.05, 4.69) is 20.3 Å². The van der Waals surface area contributed by atoms with Gasteiger partial charge >= 0.3 is 0 Å². The average Bonchev–Trinajstić information content (AvgIpc) is 2.67. The van der Waals surface area contributed by atoms with Crippen LogP contribution in [0.5, 0.6) is 0 Å². The molecule has 0 atom stereocenters. The van der Waals surface area contributed by atoms with Gasteiger partial charge in [0.05, 0.1) is 0 Å². The Kier molecular flexibility index (Phi) is 5.85. The lowest BCUT2D eigenvalue weighted by atomic mass is 9.95. The van der Waals surface area contributed by atoms with Gasteiger partial charge in [-0.15, -0.1) is 0 Å². The number of benzene rings is 1. The zero-order chi connectivity index (χ0) is 17.5. The smallest absolute Gasteiger partial charge is 0.221 e. The van der Waals surface area contributed by atoms with E-state index < -0.39 is 0 Å². The first-order chi connectivity index (χ1) is 12.3. The van der Waals surface area contributed by atoms with Crippen molar-refractivity contribution in [2.24, 2.45) is 10.9 Å². The molecular weight excluding hydrogens is 319 g/mol. The molecule has 0 spiro atoms. The highest BCUT2D eigenvalue weighted by Crippen LogP contribution is 2.25. The predicted octanol–water partition coefficient (Wildman–Crippen LogP) is 3.05. The van der Waals surface area contributed by atoms with Gasteiger partial charge in [0.15, 0.2) is 5.82 Å². The molecule has 1 N–H and O–H groups in total. The third-order valence-corrected chi connectivity index (χ3v) is 4.11. The Morgan fingerprint density at radius 2 is 1.88 bits per heavy atom. The number of piperidine rings is 1. The third-order valence-electron chi connectivity index (χ3n) is 4.11. The van der Waals surface area contributed by atoms with Crippen molar-refractivity contribution in [1.29, 1.82) is 0 Å². The molecule has 1 aromatic carbocycles. The van der Waals surface area contributed by atoms with Gasteiger partial charge in [-0.25, -0.2) is 14.4 Å². The Hall–Kier alpha value is -2.60. The molecule has 1 saturated heterocycles.